The lowest BCUT2D eigenvalue weighted by molar-refractivity contribution is -0.384. The number of hydrogen-bond donors (Lipinski definition) is 0. The number of rotatable bonds is 3. The fourth-order valence-electron chi connectivity index (χ4n) is 2.29. The molecule has 1 amide bonds. The molecule has 0 radical (unpaired) electrons. The highest BCUT2D eigenvalue weighted by atomic mass is 35.5. The smallest absolute Gasteiger partial charge is 0.268 e. The van der Waals surface area contributed by atoms with Gasteiger partial charge in [0.2, 0.25) is 0 Å². The second-order valence-electron chi connectivity index (χ2n) is 5.32. The van der Waals surface area contributed by atoms with Gasteiger partial charge in [0.15, 0.2) is 4.32 Å². The van der Waals surface area contributed by atoms with Crippen LogP contribution in [0.3, 0.4) is 0 Å². The summed E-state index contributed by atoms with van der Waals surface area (Å²) in [4.78, 5) is 25.0. The minimum absolute atomic E-state index is 0.0503. The Kier molecular flexibility index (Phi) is 4.89. The zero-order chi connectivity index (χ0) is 18.1. The van der Waals surface area contributed by atoms with Gasteiger partial charge < -0.3 is 0 Å². The van der Waals surface area contributed by atoms with E-state index in [2.05, 4.69) is 0 Å². The molecule has 0 spiro atoms. The Labute approximate surface area is 158 Å². The lowest BCUT2D eigenvalue weighted by Crippen LogP contribution is -2.27. The van der Waals surface area contributed by atoms with Crippen molar-refractivity contribution in [3.8, 4) is 0 Å². The van der Waals surface area contributed by atoms with Crippen molar-refractivity contribution in [1.29, 1.82) is 0 Å². The Morgan fingerprint density at radius 3 is 2.56 bits per heavy atom. The van der Waals surface area contributed by atoms with Crippen LogP contribution in [-0.2, 0) is 4.79 Å². The molecule has 5 nitrogen and oxygen atoms in total. The van der Waals surface area contributed by atoms with Crippen molar-refractivity contribution in [2.24, 2.45) is 0 Å². The first-order chi connectivity index (χ1) is 11.9. The van der Waals surface area contributed by atoms with Crippen LogP contribution >= 0.6 is 35.6 Å². The van der Waals surface area contributed by atoms with Crippen LogP contribution in [0.25, 0.3) is 6.08 Å². The molecule has 1 saturated heterocycles. The van der Waals surface area contributed by atoms with E-state index in [0.717, 1.165) is 17.3 Å². The number of aryl methyl sites for hydroxylation is 1. The predicted octanol–water partition coefficient (Wildman–Crippen LogP) is 4.96. The highest BCUT2D eigenvalue weighted by Gasteiger charge is 2.33. The summed E-state index contributed by atoms with van der Waals surface area (Å²) in [5.74, 6) is -0.253. The fraction of sp³-hybridized carbons (Fsp3) is 0.0588. The Hall–Kier alpha value is -2.22. The Bertz CT molecular complexity index is 926. The molecule has 8 heteroatoms. The number of nitrogens with zero attached hydrogens (tertiary/aromatic N) is 2. The number of benzene rings is 2. The summed E-state index contributed by atoms with van der Waals surface area (Å²) >= 11 is 12.3. The topological polar surface area (TPSA) is 63.5 Å². The number of halogens is 1. The van der Waals surface area contributed by atoms with Gasteiger partial charge in [0, 0.05) is 6.07 Å². The maximum Gasteiger partial charge on any atom is 0.288 e. The zero-order valence-electron chi connectivity index (χ0n) is 12.9. The van der Waals surface area contributed by atoms with Crippen LogP contribution in [0.2, 0.25) is 5.02 Å². The van der Waals surface area contributed by atoms with Crippen LogP contribution < -0.4 is 4.90 Å². The monoisotopic (exact) mass is 390 g/mol. The molecule has 0 atom stereocenters. The molecule has 0 saturated carbocycles. The molecule has 25 heavy (non-hydrogen) atoms. The summed E-state index contributed by atoms with van der Waals surface area (Å²) in [5.41, 5.74) is 2.08. The van der Waals surface area contributed by atoms with Crippen LogP contribution in [-0.4, -0.2) is 15.2 Å². The lowest BCUT2D eigenvalue weighted by Gasteiger charge is -2.14. The second kappa shape index (κ2) is 6.95. The number of nitro benzene ring substituents is 1. The Morgan fingerprint density at radius 2 is 1.92 bits per heavy atom. The molecule has 2 aromatic carbocycles. The van der Waals surface area contributed by atoms with Crippen LogP contribution in [0.4, 0.5) is 11.4 Å². The highest BCUT2D eigenvalue weighted by molar-refractivity contribution is 8.27. The molecular weight excluding hydrogens is 380 g/mol. The van der Waals surface area contributed by atoms with E-state index in [1.165, 1.54) is 17.0 Å². The zero-order valence-corrected chi connectivity index (χ0v) is 15.3. The van der Waals surface area contributed by atoms with E-state index >= 15 is 0 Å². The van der Waals surface area contributed by atoms with Crippen molar-refractivity contribution in [1.82, 2.24) is 0 Å². The van der Waals surface area contributed by atoms with Crippen molar-refractivity contribution < 1.29 is 9.72 Å². The number of anilines is 1. The standard InChI is InChI=1S/C17H11ClN2O3S2/c1-10-2-5-12(6-3-10)19-16(21)15(25-17(19)24)9-11-4-7-13(18)14(8-11)20(22)23/h2-9H,1H3/b15-9-. The van der Waals surface area contributed by atoms with E-state index in [4.69, 9.17) is 23.8 Å². The largest absolute Gasteiger partial charge is 0.288 e. The van der Waals surface area contributed by atoms with Gasteiger partial charge in [0.1, 0.15) is 5.02 Å². The van der Waals surface area contributed by atoms with Gasteiger partial charge in [-0.1, -0.05) is 59.3 Å². The quantitative estimate of drug-likeness (QED) is 0.320. The molecule has 1 heterocycles. The second-order valence-corrected chi connectivity index (χ2v) is 7.40. The van der Waals surface area contributed by atoms with Crippen LogP contribution in [0.1, 0.15) is 11.1 Å². The normalized spacial score (nSPS) is 15.9. The SMILES string of the molecule is Cc1ccc(N2C(=O)/C(=C/c3ccc(Cl)c([N+](=O)[O-])c3)SC2=S)cc1. The van der Waals surface area contributed by atoms with Gasteiger partial charge in [-0.15, -0.1) is 0 Å². The van der Waals surface area contributed by atoms with Crippen molar-refractivity contribution in [3.63, 3.8) is 0 Å². The Morgan fingerprint density at radius 1 is 1.24 bits per heavy atom. The first-order valence-corrected chi connectivity index (χ1v) is 8.75. The number of thiocarbonyl (C=S) groups is 1. The minimum Gasteiger partial charge on any atom is -0.268 e. The predicted molar refractivity (Wildman–Crippen MR) is 105 cm³/mol. The number of amides is 1. The third-order valence-corrected chi connectivity index (χ3v) is 5.17. The van der Waals surface area contributed by atoms with Crippen molar-refractivity contribution >= 4 is 63.3 Å². The van der Waals surface area contributed by atoms with Crippen molar-refractivity contribution in [3.05, 3.63) is 73.6 Å². The van der Waals surface area contributed by atoms with Crippen LogP contribution in [0, 0.1) is 17.0 Å². The maximum absolute atomic E-state index is 12.7. The van der Waals surface area contributed by atoms with Gasteiger partial charge in [0.25, 0.3) is 11.6 Å². The molecule has 0 bridgehead atoms. The van der Waals surface area contributed by atoms with E-state index in [9.17, 15) is 14.9 Å². The van der Waals surface area contributed by atoms with Gasteiger partial charge in [-0.2, -0.15) is 0 Å². The summed E-state index contributed by atoms with van der Waals surface area (Å²) in [5, 5.41) is 11.0. The van der Waals surface area contributed by atoms with E-state index in [1.807, 2.05) is 31.2 Å². The third-order valence-electron chi connectivity index (χ3n) is 3.55. The highest BCUT2D eigenvalue weighted by Crippen LogP contribution is 2.36. The average Bonchev–Trinajstić information content (AvgIpc) is 2.84. The molecule has 1 aliphatic rings. The number of carbonyl (C=O) groups is 1. The Balaban J connectivity index is 1.94. The molecule has 0 aromatic heterocycles. The molecular formula is C17H11ClN2O3S2. The van der Waals surface area contributed by atoms with Gasteiger partial charge in [-0.3, -0.25) is 19.8 Å². The molecule has 2 aromatic rings. The van der Waals surface area contributed by atoms with Crippen molar-refractivity contribution in [2.75, 3.05) is 4.90 Å². The summed E-state index contributed by atoms with van der Waals surface area (Å²) in [7, 11) is 0. The summed E-state index contributed by atoms with van der Waals surface area (Å²) < 4.78 is 0.420. The van der Waals surface area contributed by atoms with E-state index in [1.54, 1.807) is 12.1 Å². The molecule has 1 fully saturated rings. The van der Waals surface area contributed by atoms with Gasteiger partial charge >= 0.3 is 0 Å². The van der Waals surface area contributed by atoms with Gasteiger partial charge in [-0.25, -0.2) is 0 Å². The summed E-state index contributed by atoms with van der Waals surface area (Å²) in [6, 6.07) is 11.9. The molecule has 3 rings (SSSR count). The number of carbonyl (C=O) groups excluding carboxylic acids is 1. The van der Waals surface area contributed by atoms with E-state index < -0.39 is 4.92 Å². The molecule has 0 N–H and O–H groups in total. The first-order valence-electron chi connectivity index (χ1n) is 7.15. The van der Waals surface area contributed by atoms with Crippen LogP contribution in [0.15, 0.2) is 47.4 Å². The summed E-state index contributed by atoms with van der Waals surface area (Å²) in [6.07, 6.45) is 1.58. The van der Waals surface area contributed by atoms with Crippen molar-refractivity contribution in [2.45, 2.75) is 6.92 Å². The average molecular weight is 391 g/mol. The van der Waals surface area contributed by atoms with Gasteiger partial charge in [-0.05, 0) is 36.8 Å². The minimum atomic E-state index is -0.558. The molecule has 0 aliphatic carbocycles. The van der Waals surface area contributed by atoms with Gasteiger partial charge in [0.05, 0.1) is 15.5 Å². The first kappa shape index (κ1) is 17.6. The maximum atomic E-state index is 12.7. The number of thioether (sulfide) groups is 1. The summed E-state index contributed by atoms with van der Waals surface area (Å²) in [6.45, 7) is 1.96. The fourth-order valence-corrected chi connectivity index (χ4v) is 3.78. The van der Waals surface area contributed by atoms with E-state index in [0.29, 0.717) is 20.5 Å². The van der Waals surface area contributed by atoms with E-state index in [-0.39, 0.29) is 16.6 Å². The molecule has 1 aliphatic heterocycles. The molecule has 0 unspecified atom stereocenters. The lowest BCUT2D eigenvalue weighted by atomic mass is 10.1. The number of nitro groups is 1. The number of hydrogen-bond acceptors (Lipinski definition) is 5. The third kappa shape index (κ3) is 3.58. The molecule has 126 valence electrons. The van der Waals surface area contributed by atoms with Crippen LogP contribution in [0.5, 0.6) is 0 Å².